The van der Waals surface area contributed by atoms with E-state index in [4.69, 9.17) is 4.74 Å². The Bertz CT molecular complexity index is 451. The van der Waals surface area contributed by atoms with E-state index >= 15 is 0 Å². The van der Waals surface area contributed by atoms with Gasteiger partial charge in [0.2, 0.25) is 0 Å². The van der Waals surface area contributed by atoms with Crippen molar-refractivity contribution < 1.29 is 9.53 Å². The van der Waals surface area contributed by atoms with Crippen molar-refractivity contribution in [2.75, 3.05) is 6.54 Å². The number of nitrogens with one attached hydrogen (secondary N) is 2. The maximum absolute atomic E-state index is 11.6. The monoisotopic (exact) mass is 312 g/mol. The lowest BCUT2D eigenvalue weighted by Crippen LogP contribution is -2.39. The summed E-state index contributed by atoms with van der Waals surface area (Å²) < 4.78 is 5.24. The minimum atomic E-state index is -0.451. The minimum Gasteiger partial charge on any atom is -0.444 e. The first kappa shape index (κ1) is 18.0. The third kappa shape index (κ3) is 7.48. The van der Waals surface area contributed by atoms with Gasteiger partial charge in [-0.2, -0.15) is 0 Å². The second kappa shape index (κ2) is 7.80. The maximum Gasteiger partial charge on any atom is 0.407 e. The third-order valence-corrected chi connectivity index (χ3v) is 4.16. The Balaban J connectivity index is 2.24. The van der Waals surface area contributed by atoms with Gasteiger partial charge in [0.05, 0.1) is 0 Å². The van der Waals surface area contributed by atoms with Crippen molar-refractivity contribution in [3.05, 3.63) is 21.9 Å². The van der Waals surface area contributed by atoms with Crippen LogP contribution in [0.4, 0.5) is 4.79 Å². The normalized spacial score (nSPS) is 14.6. The SMILES string of the molecule is Cc1ccc(C(C)NCCC(C)NC(=O)OC(C)(C)C)s1. The van der Waals surface area contributed by atoms with Crippen LogP contribution in [-0.2, 0) is 4.74 Å². The number of carbonyl (C=O) groups excluding carboxylic acids is 1. The highest BCUT2D eigenvalue weighted by Gasteiger charge is 2.17. The van der Waals surface area contributed by atoms with Crippen LogP contribution >= 0.6 is 11.3 Å². The van der Waals surface area contributed by atoms with Gasteiger partial charge in [-0.05, 0) is 66.6 Å². The fourth-order valence-corrected chi connectivity index (χ4v) is 2.79. The zero-order valence-corrected chi connectivity index (χ0v) is 14.8. The van der Waals surface area contributed by atoms with Gasteiger partial charge in [0.1, 0.15) is 5.60 Å². The van der Waals surface area contributed by atoms with Crippen LogP contribution in [0.15, 0.2) is 12.1 Å². The van der Waals surface area contributed by atoms with E-state index in [-0.39, 0.29) is 12.1 Å². The van der Waals surface area contributed by atoms with Gasteiger partial charge in [-0.1, -0.05) is 0 Å². The number of amides is 1. The van der Waals surface area contributed by atoms with Crippen molar-refractivity contribution >= 4 is 17.4 Å². The second-order valence-corrected chi connectivity index (χ2v) is 7.78. The molecule has 0 radical (unpaired) electrons. The highest BCUT2D eigenvalue weighted by molar-refractivity contribution is 7.12. The molecule has 0 saturated carbocycles. The molecule has 21 heavy (non-hydrogen) atoms. The molecule has 1 amide bonds. The molecule has 0 saturated heterocycles. The average Bonchev–Trinajstić information content (AvgIpc) is 2.72. The number of ether oxygens (including phenoxy) is 1. The van der Waals surface area contributed by atoms with Gasteiger partial charge in [-0.15, -0.1) is 11.3 Å². The van der Waals surface area contributed by atoms with Crippen molar-refractivity contribution in [1.29, 1.82) is 0 Å². The quantitative estimate of drug-likeness (QED) is 0.834. The summed E-state index contributed by atoms with van der Waals surface area (Å²) in [4.78, 5) is 14.3. The van der Waals surface area contributed by atoms with Crippen molar-refractivity contribution in [1.82, 2.24) is 10.6 Å². The van der Waals surface area contributed by atoms with Gasteiger partial charge in [0.15, 0.2) is 0 Å². The molecule has 1 aromatic rings. The molecule has 1 rings (SSSR count). The van der Waals surface area contributed by atoms with E-state index in [2.05, 4.69) is 36.6 Å². The molecule has 120 valence electrons. The minimum absolute atomic E-state index is 0.0876. The first-order valence-corrected chi connectivity index (χ1v) is 8.28. The van der Waals surface area contributed by atoms with E-state index in [9.17, 15) is 4.79 Å². The van der Waals surface area contributed by atoms with Crippen LogP contribution < -0.4 is 10.6 Å². The summed E-state index contributed by atoms with van der Waals surface area (Å²) in [5.74, 6) is 0. The molecule has 2 N–H and O–H groups in total. The topological polar surface area (TPSA) is 50.4 Å². The Hall–Kier alpha value is -1.07. The molecule has 1 aromatic heterocycles. The molecule has 5 heteroatoms. The fourth-order valence-electron chi connectivity index (χ4n) is 1.88. The molecule has 0 fully saturated rings. The first-order chi connectivity index (χ1) is 9.67. The molecule has 0 spiro atoms. The molecule has 0 aliphatic carbocycles. The number of hydrogen-bond donors (Lipinski definition) is 2. The zero-order chi connectivity index (χ0) is 16.0. The molecule has 2 atom stereocenters. The van der Waals surface area contributed by atoms with E-state index in [1.54, 1.807) is 0 Å². The smallest absolute Gasteiger partial charge is 0.407 e. The van der Waals surface area contributed by atoms with Gasteiger partial charge in [0, 0.05) is 21.8 Å². The standard InChI is InChI=1S/C16H28N2O2S/c1-11(18-15(19)20-16(4,5)6)9-10-17-13(3)14-8-7-12(2)21-14/h7-8,11,13,17H,9-10H2,1-6H3,(H,18,19). The molecule has 2 unspecified atom stereocenters. The first-order valence-electron chi connectivity index (χ1n) is 7.46. The van der Waals surface area contributed by atoms with Crippen LogP contribution in [0.25, 0.3) is 0 Å². The largest absolute Gasteiger partial charge is 0.444 e. The summed E-state index contributed by atoms with van der Waals surface area (Å²) in [5, 5.41) is 6.34. The van der Waals surface area contributed by atoms with Crippen LogP contribution in [0.3, 0.4) is 0 Å². The van der Waals surface area contributed by atoms with E-state index in [1.807, 2.05) is 39.0 Å². The van der Waals surface area contributed by atoms with E-state index in [0.717, 1.165) is 13.0 Å². The Morgan fingerprint density at radius 1 is 1.33 bits per heavy atom. The van der Waals surface area contributed by atoms with E-state index < -0.39 is 5.60 Å². The third-order valence-electron chi connectivity index (χ3n) is 2.98. The predicted octanol–water partition coefficient (Wildman–Crippen LogP) is 4.01. The summed E-state index contributed by atoms with van der Waals surface area (Å²) >= 11 is 1.82. The number of alkyl carbamates (subject to hydrolysis) is 1. The summed E-state index contributed by atoms with van der Waals surface area (Å²) in [5.41, 5.74) is -0.451. The van der Waals surface area contributed by atoms with Crippen molar-refractivity contribution in [3.63, 3.8) is 0 Å². The van der Waals surface area contributed by atoms with Crippen molar-refractivity contribution in [2.24, 2.45) is 0 Å². The summed E-state index contributed by atoms with van der Waals surface area (Å²) in [7, 11) is 0. The number of thiophene rings is 1. The van der Waals surface area contributed by atoms with Crippen LogP contribution in [0, 0.1) is 6.92 Å². The number of aryl methyl sites for hydroxylation is 1. The van der Waals surface area contributed by atoms with Crippen LogP contribution in [0.2, 0.25) is 0 Å². The van der Waals surface area contributed by atoms with Crippen LogP contribution in [0.5, 0.6) is 0 Å². The lowest BCUT2D eigenvalue weighted by Gasteiger charge is -2.22. The molecule has 4 nitrogen and oxygen atoms in total. The highest BCUT2D eigenvalue weighted by atomic mass is 32.1. The second-order valence-electron chi connectivity index (χ2n) is 6.46. The highest BCUT2D eigenvalue weighted by Crippen LogP contribution is 2.22. The lowest BCUT2D eigenvalue weighted by atomic mass is 10.2. The average molecular weight is 312 g/mol. The Morgan fingerprint density at radius 3 is 2.52 bits per heavy atom. The fraction of sp³-hybridized carbons (Fsp3) is 0.688. The molecule has 0 aliphatic rings. The van der Waals surface area contributed by atoms with Gasteiger partial charge in [0.25, 0.3) is 0 Å². The van der Waals surface area contributed by atoms with Crippen LogP contribution in [0.1, 0.15) is 56.8 Å². The maximum atomic E-state index is 11.6. The Kier molecular flexibility index (Phi) is 6.68. The molecular weight excluding hydrogens is 284 g/mol. The number of hydrogen-bond acceptors (Lipinski definition) is 4. The molecule has 0 bridgehead atoms. The van der Waals surface area contributed by atoms with Gasteiger partial charge < -0.3 is 15.4 Å². The van der Waals surface area contributed by atoms with Gasteiger partial charge in [-0.25, -0.2) is 4.79 Å². The predicted molar refractivity (Wildman–Crippen MR) is 88.9 cm³/mol. The lowest BCUT2D eigenvalue weighted by molar-refractivity contribution is 0.0506. The summed E-state index contributed by atoms with van der Waals surface area (Å²) in [6.07, 6.45) is 0.519. The van der Waals surface area contributed by atoms with Crippen molar-refractivity contribution in [3.8, 4) is 0 Å². The molecule has 0 aromatic carbocycles. The van der Waals surface area contributed by atoms with E-state index in [1.165, 1.54) is 9.75 Å². The van der Waals surface area contributed by atoms with Crippen LogP contribution in [-0.4, -0.2) is 24.3 Å². The van der Waals surface area contributed by atoms with Gasteiger partial charge in [-0.3, -0.25) is 0 Å². The molecular formula is C16H28N2O2S. The molecule has 0 aliphatic heterocycles. The molecule has 1 heterocycles. The number of carbonyl (C=O) groups is 1. The van der Waals surface area contributed by atoms with Gasteiger partial charge >= 0.3 is 6.09 Å². The van der Waals surface area contributed by atoms with Crippen molar-refractivity contribution in [2.45, 2.75) is 65.6 Å². The zero-order valence-electron chi connectivity index (χ0n) is 13.9. The Morgan fingerprint density at radius 2 is 2.00 bits per heavy atom. The Labute approximate surface area is 132 Å². The summed E-state index contributed by atoms with van der Waals surface area (Å²) in [6, 6.07) is 4.74. The number of rotatable bonds is 6. The van der Waals surface area contributed by atoms with E-state index in [0.29, 0.717) is 6.04 Å². The summed E-state index contributed by atoms with van der Waals surface area (Å²) in [6.45, 7) is 12.7.